The Kier molecular flexibility index (Phi) is 6.19. The fraction of sp³-hybridized carbons (Fsp3) is 0.423. The lowest BCUT2D eigenvalue weighted by atomic mass is 9.96. The van der Waals surface area contributed by atoms with Gasteiger partial charge in [-0.3, -0.25) is 19.3 Å². The van der Waals surface area contributed by atoms with Gasteiger partial charge in [-0.2, -0.15) is 0 Å². The number of carbonyl (C=O) groups is 3. The van der Waals surface area contributed by atoms with Gasteiger partial charge in [0.1, 0.15) is 23.3 Å². The molecule has 35 heavy (non-hydrogen) atoms. The van der Waals surface area contributed by atoms with Crippen molar-refractivity contribution < 1.29 is 28.2 Å². The summed E-state index contributed by atoms with van der Waals surface area (Å²) >= 11 is 0. The molecule has 3 amide bonds. The second kappa shape index (κ2) is 9.30. The summed E-state index contributed by atoms with van der Waals surface area (Å²) in [6.07, 6.45) is 2.58. The fourth-order valence-electron chi connectivity index (χ4n) is 4.82. The maximum absolute atomic E-state index is 13.6. The number of ether oxygens (including phenoxy) is 2. The summed E-state index contributed by atoms with van der Waals surface area (Å²) < 4.78 is 24.9. The first-order chi connectivity index (χ1) is 16.9. The number of hydrogen-bond acceptors (Lipinski definition) is 5. The molecule has 1 saturated carbocycles. The highest BCUT2D eigenvalue weighted by Crippen LogP contribution is 2.39. The Labute approximate surface area is 203 Å². The number of likely N-dealkylation sites (tertiary alicyclic amines) is 1. The van der Waals surface area contributed by atoms with Gasteiger partial charge < -0.3 is 19.7 Å². The minimum atomic E-state index is -1.01. The van der Waals surface area contributed by atoms with Crippen molar-refractivity contribution in [3.8, 4) is 5.75 Å². The van der Waals surface area contributed by atoms with E-state index in [1.807, 2.05) is 0 Å². The predicted octanol–water partition coefficient (Wildman–Crippen LogP) is 2.59. The molecule has 3 fully saturated rings. The zero-order valence-corrected chi connectivity index (χ0v) is 19.5. The summed E-state index contributed by atoms with van der Waals surface area (Å²) in [4.78, 5) is 43.0. The second-order valence-corrected chi connectivity index (χ2v) is 9.26. The summed E-state index contributed by atoms with van der Waals surface area (Å²) in [5.74, 6) is -0.595. The van der Waals surface area contributed by atoms with Crippen molar-refractivity contribution in [2.45, 2.75) is 43.5 Å². The van der Waals surface area contributed by atoms with Gasteiger partial charge in [-0.15, -0.1) is 0 Å². The first-order valence-electron chi connectivity index (χ1n) is 11.9. The van der Waals surface area contributed by atoms with E-state index in [-0.39, 0.29) is 35.9 Å². The molecule has 2 aromatic rings. The molecule has 184 valence electrons. The molecule has 8 nitrogen and oxygen atoms in total. The Balaban J connectivity index is 1.36. The Morgan fingerprint density at radius 3 is 2.40 bits per heavy atom. The third-order valence-corrected chi connectivity index (χ3v) is 6.95. The molecule has 5 rings (SSSR count). The summed E-state index contributed by atoms with van der Waals surface area (Å²) in [7, 11) is 1.55. The largest absolute Gasteiger partial charge is 0.497 e. The van der Waals surface area contributed by atoms with Gasteiger partial charge in [-0.25, -0.2) is 4.39 Å². The molecule has 2 aromatic carbocycles. The van der Waals surface area contributed by atoms with Gasteiger partial charge in [0.05, 0.1) is 13.7 Å². The maximum Gasteiger partial charge on any atom is 0.256 e. The van der Waals surface area contributed by atoms with E-state index < -0.39 is 17.6 Å². The van der Waals surface area contributed by atoms with E-state index in [1.54, 1.807) is 36.3 Å². The maximum atomic E-state index is 13.6. The third kappa shape index (κ3) is 4.60. The topological polar surface area (TPSA) is 88.2 Å². The molecule has 1 aliphatic carbocycles. The molecule has 0 unspecified atom stereocenters. The number of nitrogens with zero attached hydrogens (tertiary/aromatic N) is 2. The molecule has 2 aliphatic heterocycles. The van der Waals surface area contributed by atoms with E-state index >= 15 is 0 Å². The molecule has 1 atom stereocenters. The summed E-state index contributed by atoms with van der Waals surface area (Å²) in [5, 5.41) is 2.97. The summed E-state index contributed by atoms with van der Waals surface area (Å²) in [5.41, 5.74) is -0.203. The second-order valence-electron chi connectivity index (χ2n) is 9.26. The van der Waals surface area contributed by atoms with Crippen LogP contribution in [0.15, 0.2) is 48.5 Å². The standard InChI is InChI=1S/C26H28FN3O5/c1-34-21-4-2-3-18(15-21)24(32)29-13-11-26(12-14-29)30(25(33)17-5-7-19(27)8-6-17)22(16-35-26)23(31)28-20-9-10-20/h2-8,15,20,22H,9-14,16H2,1H3,(H,28,31)/t22-/m1/s1. The Morgan fingerprint density at radius 1 is 1.03 bits per heavy atom. The first kappa shape index (κ1) is 23.3. The number of hydrogen-bond donors (Lipinski definition) is 1. The number of piperidine rings is 1. The van der Waals surface area contributed by atoms with Gasteiger partial charge in [-0.1, -0.05) is 6.07 Å². The van der Waals surface area contributed by atoms with Crippen molar-refractivity contribution in [1.29, 1.82) is 0 Å². The lowest BCUT2D eigenvalue weighted by Crippen LogP contribution is -2.60. The Hall–Kier alpha value is -3.46. The minimum Gasteiger partial charge on any atom is -0.497 e. The van der Waals surface area contributed by atoms with Gasteiger partial charge in [-0.05, 0) is 55.3 Å². The molecule has 1 spiro atoms. The monoisotopic (exact) mass is 481 g/mol. The molecule has 0 bridgehead atoms. The van der Waals surface area contributed by atoms with Crippen LogP contribution in [0.4, 0.5) is 4.39 Å². The van der Waals surface area contributed by atoms with Crippen LogP contribution in [0.2, 0.25) is 0 Å². The van der Waals surface area contributed by atoms with Gasteiger partial charge >= 0.3 is 0 Å². The van der Waals surface area contributed by atoms with E-state index in [9.17, 15) is 18.8 Å². The SMILES string of the molecule is COc1cccc(C(=O)N2CCC3(CC2)OC[C@H](C(=O)NC2CC2)N3C(=O)c2ccc(F)cc2)c1. The van der Waals surface area contributed by atoms with Crippen molar-refractivity contribution in [3.63, 3.8) is 0 Å². The van der Waals surface area contributed by atoms with Crippen molar-refractivity contribution in [2.24, 2.45) is 0 Å². The number of amides is 3. The average Bonchev–Trinajstić information content (AvgIpc) is 3.63. The van der Waals surface area contributed by atoms with Crippen LogP contribution in [-0.4, -0.2) is 72.1 Å². The molecular weight excluding hydrogens is 453 g/mol. The molecule has 9 heteroatoms. The first-order valence-corrected chi connectivity index (χ1v) is 11.9. The van der Waals surface area contributed by atoms with Gasteiger partial charge in [0.2, 0.25) is 5.91 Å². The molecule has 0 radical (unpaired) electrons. The van der Waals surface area contributed by atoms with Crippen LogP contribution < -0.4 is 10.1 Å². The molecule has 1 N–H and O–H groups in total. The van der Waals surface area contributed by atoms with Crippen molar-refractivity contribution in [3.05, 3.63) is 65.5 Å². The quantitative estimate of drug-likeness (QED) is 0.709. The zero-order valence-electron chi connectivity index (χ0n) is 19.5. The highest BCUT2D eigenvalue weighted by Gasteiger charge is 2.54. The average molecular weight is 482 g/mol. The summed E-state index contributed by atoms with van der Waals surface area (Å²) in [6.45, 7) is 0.801. The van der Waals surface area contributed by atoms with E-state index in [0.717, 1.165) is 12.8 Å². The predicted molar refractivity (Wildman–Crippen MR) is 124 cm³/mol. The highest BCUT2D eigenvalue weighted by atomic mass is 19.1. The van der Waals surface area contributed by atoms with Gasteiger partial charge in [0.25, 0.3) is 11.8 Å². The van der Waals surface area contributed by atoms with Crippen LogP contribution in [0, 0.1) is 5.82 Å². The van der Waals surface area contributed by atoms with E-state index in [4.69, 9.17) is 9.47 Å². The highest BCUT2D eigenvalue weighted by molar-refractivity contribution is 5.99. The minimum absolute atomic E-state index is 0.0787. The van der Waals surface area contributed by atoms with E-state index in [0.29, 0.717) is 37.2 Å². The van der Waals surface area contributed by atoms with Crippen LogP contribution in [0.25, 0.3) is 0 Å². The lowest BCUT2D eigenvalue weighted by Gasteiger charge is -2.44. The van der Waals surface area contributed by atoms with Crippen molar-refractivity contribution >= 4 is 17.7 Å². The number of carbonyl (C=O) groups excluding carboxylic acids is 3. The van der Waals surface area contributed by atoms with Gasteiger partial charge in [0.15, 0.2) is 0 Å². The number of rotatable bonds is 5. The van der Waals surface area contributed by atoms with E-state index in [2.05, 4.69) is 5.32 Å². The number of methoxy groups -OCH3 is 1. The normalized spacial score (nSPS) is 21.1. The Bertz CT molecular complexity index is 1130. The van der Waals surface area contributed by atoms with Crippen molar-refractivity contribution in [2.75, 3.05) is 26.8 Å². The van der Waals surface area contributed by atoms with Crippen LogP contribution >= 0.6 is 0 Å². The number of nitrogens with one attached hydrogen (secondary N) is 1. The number of halogens is 1. The van der Waals surface area contributed by atoms with E-state index in [1.165, 1.54) is 29.2 Å². The molecule has 2 saturated heterocycles. The summed E-state index contributed by atoms with van der Waals surface area (Å²) in [6, 6.07) is 11.6. The smallest absolute Gasteiger partial charge is 0.256 e. The zero-order chi connectivity index (χ0) is 24.6. The van der Waals surface area contributed by atoms with Gasteiger partial charge in [0, 0.05) is 43.1 Å². The molecule has 3 aliphatic rings. The molecule has 0 aromatic heterocycles. The lowest BCUT2D eigenvalue weighted by molar-refractivity contribution is -0.128. The van der Waals surface area contributed by atoms with Crippen LogP contribution in [0.5, 0.6) is 5.75 Å². The van der Waals surface area contributed by atoms with Crippen molar-refractivity contribution in [1.82, 2.24) is 15.1 Å². The molecule has 2 heterocycles. The molecular formula is C26H28FN3O5. The van der Waals surface area contributed by atoms with Crippen LogP contribution in [0.1, 0.15) is 46.4 Å². The Morgan fingerprint density at radius 2 is 1.74 bits per heavy atom. The fourth-order valence-corrected chi connectivity index (χ4v) is 4.82. The van der Waals surface area contributed by atoms with Crippen LogP contribution in [0.3, 0.4) is 0 Å². The number of benzene rings is 2. The van der Waals surface area contributed by atoms with Crippen LogP contribution in [-0.2, 0) is 9.53 Å². The third-order valence-electron chi connectivity index (χ3n) is 6.95.